The molecular formula is C26H29N3O3. The van der Waals surface area contributed by atoms with Gasteiger partial charge in [-0.3, -0.25) is 14.5 Å². The summed E-state index contributed by atoms with van der Waals surface area (Å²) >= 11 is 0. The van der Waals surface area contributed by atoms with Crippen LogP contribution in [0.1, 0.15) is 43.0 Å². The Morgan fingerprint density at radius 1 is 1.16 bits per heavy atom. The number of rotatable bonds is 5. The number of piperidine rings is 1. The standard InChI is InChI=1S/C26H29N3O3/c1-2-32-26(31)18-9-11-29(12-10-18)16-17-7-8-23-20(13-17)15-24(27-23)21-14-19-5-3-4-6-22(19)28-25(21)30/h4,6-8,13-15,18,27H,2-3,5,9-12,16H2,1H3,(H,28,30). The Hall–Kier alpha value is -3.12. The lowest BCUT2D eigenvalue weighted by atomic mass is 9.96. The van der Waals surface area contributed by atoms with Gasteiger partial charge in [0.15, 0.2) is 0 Å². The zero-order valence-corrected chi connectivity index (χ0v) is 18.4. The van der Waals surface area contributed by atoms with E-state index in [9.17, 15) is 9.59 Å². The van der Waals surface area contributed by atoms with E-state index in [1.54, 1.807) is 0 Å². The van der Waals surface area contributed by atoms with Gasteiger partial charge in [-0.15, -0.1) is 0 Å². The molecule has 0 radical (unpaired) electrons. The molecule has 0 spiro atoms. The molecule has 2 aliphatic rings. The van der Waals surface area contributed by atoms with Crippen molar-refractivity contribution in [2.45, 2.75) is 39.2 Å². The number of aromatic amines is 2. The monoisotopic (exact) mass is 431 g/mol. The van der Waals surface area contributed by atoms with Crippen molar-refractivity contribution >= 4 is 22.9 Å². The summed E-state index contributed by atoms with van der Waals surface area (Å²) in [5.41, 5.74) is 5.86. The van der Waals surface area contributed by atoms with Crippen molar-refractivity contribution in [2.24, 2.45) is 5.92 Å². The van der Waals surface area contributed by atoms with Crippen LogP contribution in [0.2, 0.25) is 0 Å². The van der Waals surface area contributed by atoms with Gasteiger partial charge < -0.3 is 14.7 Å². The SMILES string of the molecule is CCOC(=O)C1CCN(Cc2ccc3[nH]c(-c4cc5c([nH]c4=O)C=CCC5)cc3c2)CC1. The number of esters is 1. The van der Waals surface area contributed by atoms with E-state index in [2.05, 4.69) is 45.2 Å². The van der Waals surface area contributed by atoms with Gasteiger partial charge in [0.05, 0.1) is 23.8 Å². The van der Waals surface area contributed by atoms with Crippen LogP contribution in [0, 0.1) is 5.92 Å². The number of carbonyl (C=O) groups excluding carboxylic acids is 1. The second kappa shape index (κ2) is 8.79. The zero-order valence-electron chi connectivity index (χ0n) is 18.4. The number of nitrogens with one attached hydrogen (secondary N) is 2. The van der Waals surface area contributed by atoms with Gasteiger partial charge in [0.2, 0.25) is 0 Å². The summed E-state index contributed by atoms with van der Waals surface area (Å²) in [7, 11) is 0. The first-order valence-electron chi connectivity index (χ1n) is 11.5. The predicted molar refractivity (Wildman–Crippen MR) is 126 cm³/mol. The van der Waals surface area contributed by atoms with Crippen LogP contribution in [-0.4, -0.2) is 40.5 Å². The number of aromatic nitrogens is 2. The van der Waals surface area contributed by atoms with Gasteiger partial charge in [-0.25, -0.2) is 0 Å². The highest BCUT2D eigenvalue weighted by atomic mass is 16.5. The lowest BCUT2D eigenvalue weighted by molar-refractivity contribution is -0.149. The molecule has 1 fully saturated rings. The fourth-order valence-corrected chi connectivity index (χ4v) is 4.85. The molecule has 2 aromatic heterocycles. The Morgan fingerprint density at radius 2 is 2.00 bits per heavy atom. The molecule has 32 heavy (non-hydrogen) atoms. The number of allylic oxidation sites excluding steroid dienone is 1. The Labute approximate surface area is 187 Å². The molecule has 5 rings (SSSR count). The summed E-state index contributed by atoms with van der Waals surface area (Å²) < 4.78 is 5.17. The van der Waals surface area contributed by atoms with Gasteiger partial charge in [-0.05, 0) is 87.2 Å². The smallest absolute Gasteiger partial charge is 0.309 e. The van der Waals surface area contributed by atoms with Crippen molar-refractivity contribution in [1.29, 1.82) is 0 Å². The van der Waals surface area contributed by atoms with Crippen molar-refractivity contribution < 1.29 is 9.53 Å². The van der Waals surface area contributed by atoms with Crippen LogP contribution in [0.15, 0.2) is 41.2 Å². The van der Waals surface area contributed by atoms with E-state index in [-0.39, 0.29) is 17.4 Å². The number of carbonyl (C=O) groups is 1. The lowest BCUT2D eigenvalue weighted by Crippen LogP contribution is -2.36. The Kier molecular flexibility index (Phi) is 5.70. The van der Waals surface area contributed by atoms with Crippen molar-refractivity contribution in [3.8, 4) is 11.3 Å². The summed E-state index contributed by atoms with van der Waals surface area (Å²) in [5.74, 6) is -0.0206. The highest BCUT2D eigenvalue weighted by Gasteiger charge is 2.26. The van der Waals surface area contributed by atoms with Gasteiger partial charge >= 0.3 is 5.97 Å². The molecule has 0 saturated carbocycles. The van der Waals surface area contributed by atoms with Crippen LogP contribution >= 0.6 is 0 Å². The first kappa shape index (κ1) is 20.8. The molecule has 0 unspecified atom stereocenters. The number of benzene rings is 1. The minimum absolute atomic E-state index is 0.0334. The van der Waals surface area contributed by atoms with E-state index >= 15 is 0 Å². The normalized spacial score (nSPS) is 16.9. The maximum atomic E-state index is 12.7. The summed E-state index contributed by atoms with van der Waals surface area (Å²) in [5, 5.41) is 1.11. The van der Waals surface area contributed by atoms with E-state index in [0.29, 0.717) is 12.2 Å². The average molecular weight is 432 g/mol. The van der Waals surface area contributed by atoms with Gasteiger partial charge in [0.25, 0.3) is 5.56 Å². The molecule has 0 atom stereocenters. The van der Waals surface area contributed by atoms with Crippen molar-refractivity contribution in [3.63, 3.8) is 0 Å². The van der Waals surface area contributed by atoms with Crippen LogP contribution < -0.4 is 5.56 Å². The molecule has 1 aromatic carbocycles. The van der Waals surface area contributed by atoms with E-state index in [1.807, 2.05) is 19.1 Å². The van der Waals surface area contributed by atoms with Crippen LogP contribution in [0.4, 0.5) is 0 Å². The molecule has 1 aliphatic carbocycles. The molecule has 1 aliphatic heterocycles. The van der Waals surface area contributed by atoms with Gasteiger partial charge in [-0.2, -0.15) is 0 Å². The first-order valence-corrected chi connectivity index (χ1v) is 11.5. The topological polar surface area (TPSA) is 78.2 Å². The molecule has 6 heteroatoms. The minimum Gasteiger partial charge on any atom is -0.466 e. The number of hydrogen-bond acceptors (Lipinski definition) is 4. The van der Waals surface area contributed by atoms with Crippen LogP contribution in [0.25, 0.3) is 28.2 Å². The molecule has 3 heterocycles. The lowest BCUT2D eigenvalue weighted by Gasteiger charge is -2.30. The third kappa shape index (κ3) is 4.15. The fraction of sp³-hybridized carbons (Fsp3) is 0.385. The number of hydrogen-bond donors (Lipinski definition) is 2. The van der Waals surface area contributed by atoms with Crippen LogP contribution in [-0.2, 0) is 22.5 Å². The zero-order chi connectivity index (χ0) is 22.1. The van der Waals surface area contributed by atoms with Gasteiger partial charge in [0.1, 0.15) is 0 Å². The van der Waals surface area contributed by atoms with Gasteiger partial charge in [0, 0.05) is 23.1 Å². The highest BCUT2D eigenvalue weighted by Crippen LogP contribution is 2.27. The summed E-state index contributed by atoms with van der Waals surface area (Å²) in [6.45, 7) is 4.97. The summed E-state index contributed by atoms with van der Waals surface area (Å²) in [6, 6.07) is 10.5. The van der Waals surface area contributed by atoms with Crippen molar-refractivity contribution in [2.75, 3.05) is 19.7 Å². The highest BCUT2D eigenvalue weighted by molar-refractivity contribution is 5.86. The fourth-order valence-electron chi connectivity index (χ4n) is 4.85. The van der Waals surface area contributed by atoms with E-state index in [0.717, 1.165) is 67.6 Å². The minimum atomic E-state index is -0.0634. The second-order valence-corrected chi connectivity index (χ2v) is 8.80. The summed E-state index contributed by atoms with van der Waals surface area (Å²) in [4.78, 5) is 33.5. The Balaban J connectivity index is 1.32. The number of H-pyrrole nitrogens is 2. The number of fused-ring (bicyclic) bond motifs is 2. The predicted octanol–water partition coefficient (Wildman–Crippen LogP) is 4.26. The molecule has 6 nitrogen and oxygen atoms in total. The van der Waals surface area contributed by atoms with E-state index in [1.165, 1.54) is 11.1 Å². The summed E-state index contributed by atoms with van der Waals surface area (Å²) in [6.07, 6.45) is 7.76. The second-order valence-electron chi connectivity index (χ2n) is 8.80. The number of nitrogens with zero attached hydrogens (tertiary/aromatic N) is 1. The van der Waals surface area contributed by atoms with Gasteiger partial charge in [-0.1, -0.05) is 12.1 Å². The largest absolute Gasteiger partial charge is 0.466 e. The van der Waals surface area contributed by atoms with Crippen molar-refractivity contribution in [1.82, 2.24) is 14.9 Å². The van der Waals surface area contributed by atoms with E-state index in [4.69, 9.17) is 4.74 Å². The van der Waals surface area contributed by atoms with Crippen LogP contribution in [0.3, 0.4) is 0 Å². The number of aryl methyl sites for hydroxylation is 1. The number of ether oxygens (including phenoxy) is 1. The van der Waals surface area contributed by atoms with Crippen LogP contribution in [0.5, 0.6) is 0 Å². The molecule has 0 amide bonds. The van der Waals surface area contributed by atoms with E-state index < -0.39 is 0 Å². The third-order valence-electron chi connectivity index (χ3n) is 6.61. The number of likely N-dealkylation sites (tertiary alicyclic amines) is 1. The average Bonchev–Trinajstić information content (AvgIpc) is 3.22. The maximum Gasteiger partial charge on any atom is 0.309 e. The third-order valence-corrected chi connectivity index (χ3v) is 6.61. The first-order chi connectivity index (χ1) is 15.6. The molecule has 2 N–H and O–H groups in total. The molecule has 166 valence electrons. The Morgan fingerprint density at radius 3 is 2.81 bits per heavy atom. The Bertz CT molecular complexity index is 1230. The molecule has 3 aromatic rings. The quantitative estimate of drug-likeness (QED) is 0.592. The molecule has 1 saturated heterocycles. The number of pyridine rings is 1. The van der Waals surface area contributed by atoms with Crippen molar-refractivity contribution in [3.05, 3.63) is 63.6 Å². The molecule has 0 bridgehead atoms. The maximum absolute atomic E-state index is 12.7. The molecular weight excluding hydrogens is 402 g/mol.